The summed E-state index contributed by atoms with van der Waals surface area (Å²) >= 11 is 1.44. The standard InChI is InChI=1S/C13H21N3OS/c1-3-16(8-11-6-4-5-7-14-11)13(17)12-10(2)15-9-18-12/h9,11,14H,3-8H2,1-2H3. The van der Waals surface area contributed by atoms with Crippen molar-refractivity contribution in [3.63, 3.8) is 0 Å². The van der Waals surface area contributed by atoms with Crippen LogP contribution in [-0.4, -0.2) is 41.5 Å². The Kier molecular flexibility index (Phi) is 4.72. The molecule has 18 heavy (non-hydrogen) atoms. The van der Waals surface area contributed by atoms with Gasteiger partial charge in [0.15, 0.2) is 0 Å². The molecule has 1 aromatic heterocycles. The van der Waals surface area contributed by atoms with E-state index >= 15 is 0 Å². The lowest BCUT2D eigenvalue weighted by molar-refractivity contribution is 0.0745. The minimum Gasteiger partial charge on any atom is -0.337 e. The van der Waals surface area contributed by atoms with E-state index in [0.717, 1.165) is 30.2 Å². The number of aryl methyl sites for hydroxylation is 1. The Bertz CT molecular complexity index is 399. The van der Waals surface area contributed by atoms with Crippen LogP contribution in [0.2, 0.25) is 0 Å². The summed E-state index contributed by atoms with van der Waals surface area (Å²) in [6.45, 7) is 6.59. The SMILES string of the molecule is CCN(CC1CCCCN1)C(=O)c1scnc1C. The third-order valence-electron chi connectivity index (χ3n) is 3.46. The van der Waals surface area contributed by atoms with Gasteiger partial charge in [-0.3, -0.25) is 4.79 Å². The van der Waals surface area contributed by atoms with Crippen molar-refractivity contribution in [1.82, 2.24) is 15.2 Å². The molecular weight excluding hydrogens is 246 g/mol. The number of carbonyl (C=O) groups is 1. The van der Waals surface area contributed by atoms with Crippen molar-refractivity contribution >= 4 is 17.2 Å². The highest BCUT2D eigenvalue weighted by atomic mass is 32.1. The zero-order valence-electron chi connectivity index (χ0n) is 11.1. The lowest BCUT2D eigenvalue weighted by atomic mass is 10.0. The Labute approximate surface area is 112 Å². The molecule has 2 heterocycles. The Morgan fingerprint density at radius 1 is 1.61 bits per heavy atom. The molecule has 1 aromatic rings. The molecule has 1 amide bonds. The number of nitrogens with zero attached hydrogens (tertiary/aromatic N) is 2. The predicted molar refractivity (Wildman–Crippen MR) is 74.1 cm³/mol. The van der Waals surface area contributed by atoms with Gasteiger partial charge < -0.3 is 10.2 Å². The van der Waals surface area contributed by atoms with Gasteiger partial charge >= 0.3 is 0 Å². The van der Waals surface area contributed by atoms with E-state index in [0.29, 0.717) is 6.04 Å². The third-order valence-corrected chi connectivity index (χ3v) is 4.38. The summed E-state index contributed by atoms with van der Waals surface area (Å²) in [5, 5.41) is 3.49. The normalized spacial score (nSPS) is 19.8. The van der Waals surface area contributed by atoms with Crippen LogP contribution in [0, 0.1) is 6.92 Å². The van der Waals surface area contributed by atoms with Gasteiger partial charge in [-0.05, 0) is 33.2 Å². The lowest BCUT2D eigenvalue weighted by Crippen LogP contribution is -2.45. The number of rotatable bonds is 4. The van der Waals surface area contributed by atoms with Crippen molar-refractivity contribution in [3.8, 4) is 0 Å². The first-order valence-corrected chi connectivity index (χ1v) is 7.53. The maximum absolute atomic E-state index is 12.4. The Balaban J connectivity index is 1.99. The summed E-state index contributed by atoms with van der Waals surface area (Å²) in [6.07, 6.45) is 3.69. The minimum absolute atomic E-state index is 0.130. The summed E-state index contributed by atoms with van der Waals surface area (Å²) in [7, 11) is 0. The summed E-state index contributed by atoms with van der Waals surface area (Å²) in [5.74, 6) is 0.130. The van der Waals surface area contributed by atoms with Gasteiger partial charge in [0.2, 0.25) is 0 Å². The van der Waals surface area contributed by atoms with Gasteiger partial charge in [0.05, 0.1) is 11.2 Å². The number of hydrogen-bond donors (Lipinski definition) is 1. The van der Waals surface area contributed by atoms with Crippen LogP contribution >= 0.6 is 11.3 Å². The molecule has 1 fully saturated rings. The zero-order valence-corrected chi connectivity index (χ0v) is 11.9. The smallest absolute Gasteiger partial charge is 0.265 e. The number of aromatic nitrogens is 1. The van der Waals surface area contributed by atoms with E-state index in [1.807, 2.05) is 18.7 Å². The third kappa shape index (κ3) is 3.09. The number of likely N-dealkylation sites (N-methyl/N-ethyl adjacent to an activating group) is 1. The fourth-order valence-corrected chi connectivity index (χ4v) is 3.12. The van der Waals surface area contributed by atoms with Crippen molar-refractivity contribution in [2.45, 2.75) is 39.2 Å². The second kappa shape index (κ2) is 6.29. The topological polar surface area (TPSA) is 45.2 Å². The van der Waals surface area contributed by atoms with E-state index in [1.54, 1.807) is 5.51 Å². The minimum atomic E-state index is 0.130. The maximum atomic E-state index is 12.4. The quantitative estimate of drug-likeness (QED) is 0.908. The molecule has 0 aromatic carbocycles. The van der Waals surface area contributed by atoms with Crippen molar-refractivity contribution in [2.24, 2.45) is 0 Å². The molecule has 5 heteroatoms. The second-order valence-corrected chi connectivity index (χ2v) is 5.61. The lowest BCUT2D eigenvalue weighted by Gasteiger charge is -2.29. The first kappa shape index (κ1) is 13.5. The largest absolute Gasteiger partial charge is 0.337 e. The van der Waals surface area contributed by atoms with Gasteiger partial charge in [0.1, 0.15) is 4.88 Å². The van der Waals surface area contributed by atoms with E-state index in [9.17, 15) is 4.79 Å². The van der Waals surface area contributed by atoms with Crippen LogP contribution in [0.25, 0.3) is 0 Å². The van der Waals surface area contributed by atoms with Crippen LogP contribution in [0.15, 0.2) is 5.51 Å². The Morgan fingerprint density at radius 2 is 2.44 bits per heavy atom. The number of nitrogens with one attached hydrogen (secondary N) is 1. The second-order valence-electron chi connectivity index (χ2n) is 4.76. The summed E-state index contributed by atoms with van der Waals surface area (Å²) in [5.41, 5.74) is 2.59. The molecule has 0 aliphatic carbocycles. The Morgan fingerprint density at radius 3 is 3.00 bits per heavy atom. The van der Waals surface area contributed by atoms with E-state index in [4.69, 9.17) is 0 Å². The van der Waals surface area contributed by atoms with E-state index in [1.165, 1.54) is 30.6 Å². The average molecular weight is 267 g/mol. The Hall–Kier alpha value is -0.940. The van der Waals surface area contributed by atoms with Gasteiger partial charge in [-0.15, -0.1) is 11.3 Å². The van der Waals surface area contributed by atoms with Gasteiger partial charge in [0.25, 0.3) is 5.91 Å². The summed E-state index contributed by atoms with van der Waals surface area (Å²) in [4.78, 5) is 19.3. The molecule has 1 saturated heterocycles. The van der Waals surface area contributed by atoms with Gasteiger partial charge in [-0.1, -0.05) is 6.42 Å². The molecular formula is C13H21N3OS. The summed E-state index contributed by atoms with van der Waals surface area (Å²) < 4.78 is 0. The molecule has 0 bridgehead atoms. The molecule has 0 saturated carbocycles. The molecule has 0 spiro atoms. The highest BCUT2D eigenvalue weighted by Gasteiger charge is 2.22. The molecule has 2 rings (SSSR count). The molecule has 1 atom stereocenters. The van der Waals surface area contributed by atoms with Crippen molar-refractivity contribution in [2.75, 3.05) is 19.6 Å². The highest BCUT2D eigenvalue weighted by molar-refractivity contribution is 7.11. The number of amides is 1. The number of piperidine rings is 1. The monoisotopic (exact) mass is 267 g/mol. The van der Waals surface area contributed by atoms with Crippen LogP contribution in [-0.2, 0) is 0 Å². The van der Waals surface area contributed by atoms with E-state index < -0.39 is 0 Å². The van der Waals surface area contributed by atoms with E-state index in [-0.39, 0.29) is 5.91 Å². The molecule has 4 nitrogen and oxygen atoms in total. The van der Waals surface area contributed by atoms with Gasteiger partial charge in [-0.25, -0.2) is 4.98 Å². The molecule has 1 aliphatic heterocycles. The fourth-order valence-electron chi connectivity index (χ4n) is 2.35. The van der Waals surface area contributed by atoms with Crippen LogP contribution in [0.5, 0.6) is 0 Å². The first-order valence-electron chi connectivity index (χ1n) is 6.65. The number of carbonyl (C=O) groups excluding carboxylic acids is 1. The number of thiazole rings is 1. The van der Waals surface area contributed by atoms with Gasteiger partial charge in [0, 0.05) is 19.1 Å². The highest BCUT2D eigenvalue weighted by Crippen LogP contribution is 2.16. The van der Waals surface area contributed by atoms with Crippen LogP contribution in [0.3, 0.4) is 0 Å². The van der Waals surface area contributed by atoms with Crippen LogP contribution < -0.4 is 5.32 Å². The van der Waals surface area contributed by atoms with Crippen molar-refractivity contribution in [1.29, 1.82) is 0 Å². The van der Waals surface area contributed by atoms with Crippen molar-refractivity contribution in [3.05, 3.63) is 16.1 Å². The number of hydrogen-bond acceptors (Lipinski definition) is 4. The van der Waals surface area contributed by atoms with Crippen LogP contribution in [0.4, 0.5) is 0 Å². The fraction of sp³-hybridized carbons (Fsp3) is 0.692. The molecule has 1 unspecified atom stereocenters. The zero-order chi connectivity index (χ0) is 13.0. The van der Waals surface area contributed by atoms with Gasteiger partial charge in [-0.2, -0.15) is 0 Å². The molecule has 100 valence electrons. The van der Waals surface area contributed by atoms with Crippen molar-refractivity contribution < 1.29 is 4.79 Å². The van der Waals surface area contributed by atoms with E-state index in [2.05, 4.69) is 10.3 Å². The van der Waals surface area contributed by atoms with Crippen LogP contribution in [0.1, 0.15) is 41.6 Å². The maximum Gasteiger partial charge on any atom is 0.265 e. The average Bonchev–Trinajstić information content (AvgIpc) is 2.82. The summed E-state index contributed by atoms with van der Waals surface area (Å²) in [6, 6.07) is 0.455. The molecule has 1 aliphatic rings. The first-order chi connectivity index (χ1) is 8.72. The predicted octanol–water partition coefficient (Wildman–Crippen LogP) is 2.06. The molecule has 0 radical (unpaired) electrons. The molecule has 1 N–H and O–H groups in total.